The Hall–Kier alpha value is -3.58. The van der Waals surface area contributed by atoms with Crippen LogP contribution in [-0.4, -0.2) is 18.5 Å². The first kappa shape index (κ1) is 22.2. The number of hydrogen-bond donors (Lipinski definition) is 1. The summed E-state index contributed by atoms with van der Waals surface area (Å²) < 4.78 is 17.0. The van der Waals surface area contributed by atoms with Gasteiger partial charge < -0.3 is 19.2 Å². The summed E-state index contributed by atoms with van der Waals surface area (Å²) in [6, 6.07) is 17.2. The van der Waals surface area contributed by atoms with E-state index in [9.17, 15) is 9.59 Å². The zero-order valence-electron chi connectivity index (χ0n) is 18.9. The second kappa shape index (κ2) is 9.73. The lowest BCUT2D eigenvalue weighted by Crippen LogP contribution is -2.15. The standard InChI is InChI=1S/C27H25NO5S/c1-2-31-27(30)24-20-11-5-6-13-23(20)34-26(24)28-25(29)22-15-14-18(33-22)16-32-21-12-7-9-17-8-3-4-10-19(17)21/h3-4,7-10,12,14-15H,2,5-6,11,13,16H2,1H3,(H,28,29). The molecule has 1 aliphatic carbocycles. The first-order valence-electron chi connectivity index (χ1n) is 11.5. The Balaban J connectivity index is 1.31. The van der Waals surface area contributed by atoms with E-state index >= 15 is 0 Å². The summed E-state index contributed by atoms with van der Waals surface area (Å²) >= 11 is 1.46. The number of ether oxygens (including phenoxy) is 2. The SMILES string of the molecule is CCOC(=O)c1c(NC(=O)c2ccc(COc3cccc4ccccc34)o2)sc2c1CCCC2. The molecule has 2 heterocycles. The highest BCUT2D eigenvalue weighted by atomic mass is 32.1. The molecule has 0 unspecified atom stereocenters. The van der Waals surface area contributed by atoms with Crippen LogP contribution in [0.1, 0.15) is 56.9 Å². The number of anilines is 1. The lowest BCUT2D eigenvalue weighted by atomic mass is 9.95. The number of benzene rings is 2. The third-order valence-corrected chi connectivity index (χ3v) is 7.09. The number of nitrogens with one attached hydrogen (secondary N) is 1. The van der Waals surface area contributed by atoms with Crippen molar-refractivity contribution in [2.45, 2.75) is 39.2 Å². The molecule has 0 atom stereocenters. The number of thiophene rings is 1. The minimum atomic E-state index is -0.402. The number of amides is 1. The summed E-state index contributed by atoms with van der Waals surface area (Å²) in [4.78, 5) is 26.7. The van der Waals surface area contributed by atoms with E-state index in [1.165, 1.54) is 11.3 Å². The molecule has 2 aromatic heterocycles. The quantitative estimate of drug-likeness (QED) is 0.314. The molecule has 0 spiro atoms. The Morgan fingerprint density at radius 1 is 1.03 bits per heavy atom. The average Bonchev–Trinajstić information content (AvgIpc) is 3.47. The normalized spacial score (nSPS) is 12.9. The molecular weight excluding hydrogens is 450 g/mol. The van der Waals surface area contributed by atoms with Crippen LogP contribution in [0, 0.1) is 0 Å². The van der Waals surface area contributed by atoms with Crippen molar-refractivity contribution in [1.29, 1.82) is 0 Å². The van der Waals surface area contributed by atoms with E-state index in [2.05, 4.69) is 5.32 Å². The largest absolute Gasteiger partial charge is 0.485 e. The monoisotopic (exact) mass is 475 g/mol. The van der Waals surface area contributed by atoms with E-state index in [4.69, 9.17) is 13.9 Å². The van der Waals surface area contributed by atoms with Gasteiger partial charge in [-0.3, -0.25) is 4.79 Å². The van der Waals surface area contributed by atoms with Gasteiger partial charge in [0.2, 0.25) is 0 Å². The molecule has 174 valence electrons. The van der Waals surface area contributed by atoms with Gasteiger partial charge in [-0.2, -0.15) is 0 Å². The molecule has 1 amide bonds. The van der Waals surface area contributed by atoms with Crippen molar-refractivity contribution in [3.63, 3.8) is 0 Å². The summed E-state index contributed by atoms with van der Waals surface area (Å²) in [5.41, 5.74) is 1.49. The zero-order valence-corrected chi connectivity index (χ0v) is 19.7. The number of hydrogen-bond acceptors (Lipinski definition) is 6. The smallest absolute Gasteiger partial charge is 0.341 e. The van der Waals surface area contributed by atoms with Crippen molar-refractivity contribution in [3.05, 3.63) is 82.1 Å². The second-order valence-corrected chi connectivity index (χ2v) is 9.23. The van der Waals surface area contributed by atoms with E-state index in [0.717, 1.165) is 52.6 Å². The Morgan fingerprint density at radius 3 is 2.74 bits per heavy atom. The van der Waals surface area contributed by atoms with Crippen LogP contribution in [0.25, 0.3) is 10.8 Å². The molecule has 0 bridgehead atoms. The van der Waals surface area contributed by atoms with Gasteiger partial charge in [-0.15, -0.1) is 11.3 Å². The van der Waals surface area contributed by atoms with Gasteiger partial charge in [-0.25, -0.2) is 4.79 Å². The van der Waals surface area contributed by atoms with Crippen molar-refractivity contribution in [3.8, 4) is 5.75 Å². The third kappa shape index (κ3) is 4.43. The number of carbonyl (C=O) groups excluding carboxylic acids is 2. The van der Waals surface area contributed by atoms with Gasteiger partial charge in [0.25, 0.3) is 5.91 Å². The van der Waals surface area contributed by atoms with Crippen molar-refractivity contribution >= 4 is 39.0 Å². The van der Waals surface area contributed by atoms with Gasteiger partial charge in [-0.1, -0.05) is 36.4 Å². The van der Waals surface area contributed by atoms with Crippen LogP contribution < -0.4 is 10.1 Å². The Kier molecular flexibility index (Phi) is 6.36. The highest BCUT2D eigenvalue weighted by Gasteiger charge is 2.28. The number of esters is 1. The molecule has 5 rings (SSSR count). The summed E-state index contributed by atoms with van der Waals surface area (Å²) in [5, 5.41) is 5.52. The van der Waals surface area contributed by atoms with Crippen LogP contribution >= 0.6 is 11.3 Å². The molecule has 7 heteroatoms. The number of furan rings is 1. The van der Waals surface area contributed by atoms with Crippen LogP contribution in [0.5, 0.6) is 5.75 Å². The van der Waals surface area contributed by atoms with E-state index in [0.29, 0.717) is 16.3 Å². The molecule has 1 N–H and O–H groups in total. The third-order valence-electron chi connectivity index (χ3n) is 5.88. The highest BCUT2D eigenvalue weighted by molar-refractivity contribution is 7.17. The molecule has 6 nitrogen and oxygen atoms in total. The number of fused-ring (bicyclic) bond motifs is 2. The first-order chi connectivity index (χ1) is 16.6. The molecular formula is C27H25NO5S. The van der Waals surface area contributed by atoms with Crippen LogP contribution in [0.3, 0.4) is 0 Å². The predicted molar refractivity (Wildman–Crippen MR) is 132 cm³/mol. The lowest BCUT2D eigenvalue weighted by Gasteiger charge is -2.12. The highest BCUT2D eigenvalue weighted by Crippen LogP contribution is 2.39. The van der Waals surface area contributed by atoms with Gasteiger partial charge in [-0.05, 0) is 61.8 Å². The minimum Gasteiger partial charge on any atom is -0.485 e. The summed E-state index contributed by atoms with van der Waals surface area (Å²) in [6.07, 6.45) is 3.86. The van der Waals surface area contributed by atoms with Crippen LogP contribution in [0.2, 0.25) is 0 Å². The van der Waals surface area contributed by atoms with Crippen LogP contribution in [-0.2, 0) is 24.2 Å². The molecule has 0 aliphatic heterocycles. The van der Waals surface area contributed by atoms with Gasteiger partial charge in [0.05, 0.1) is 12.2 Å². The van der Waals surface area contributed by atoms with Gasteiger partial charge in [0.1, 0.15) is 23.1 Å². The minimum absolute atomic E-state index is 0.165. The number of aryl methyl sites for hydroxylation is 1. The fourth-order valence-corrected chi connectivity index (χ4v) is 5.56. The fraction of sp³-hybridized carbons (Fsp3) is 0.259. The van der Waals surface area contributed by atoms with Gasteiger partial charge >= 0.3 is 5.97 Å². The molecule has 34 heavy (non-hydrogen) atoms. The predicted octanol–water partition coefficient (Wildman–Crippen LogP) is 6.38. The van der Waals surface area contributed by atoms with Crippen molar-refractivity contribution in [1.82, 2.24) is 0 Å². The average molecular weight is 476 g/mol. The Labute approximate surface area is 201 Å². The van der Waals surface area contributed by atoms with Crippen molar-refractivity contribution in [2.24, 2.45) is 0 Å². The lowest BCUT2D eigenvalue weighted by molar-refractivity contribution is 0.0526. The molecule has 4 aromatic rings. The molecule has 2 aromatic carbocycles. The fourth-order valence-electron chi connectivity index (χ4n) is 4.29. The zero-order chi connectivity index (χ0) is 23.5. The second-order valence-electron chi connectivity index (χ2n) is 8.12. The van der Waals surface area contributed by atoms with Crippen LogP contribution in [0.15, 0.2) is 59.0 Å². The number of carbonyl (C=O) groups is 2. The van der Waals surface area contributed by atoms with Crippen LogP contribution in [0.4, 0.5) is 5.00 Å². The van der Waals surface area contributed by atoms with E-state index in [-0.39, 0.29) is 24.9 Å². The molecule has 0 radical (unpaired) electrons. The number of rotatable bonds is 7. The maximum absolute atomic E-state index is 12.9. The topological polar surface area (TPSA) is 77.8 Å². The molecule has 1 aliphatic rings. The maximum Gasteiger partial charge on any atom is 0.341 e. The van der Waals surface area contributed by atoms with Crippen molar-refractivity contribution < 1.29 is 23.5 Å². The van der Waals surface area contributed by atoms with E-state index in [1.807, 2.05) is 42.5 Å². The van der Waals surface area contributed by atoms with E-state index < -0.39 is 5.91 Å². The van der Waals surface area contributed by atoms with Crippen molar-refractivity contribution in [2.75, 3.05) is 11.9 Å². The molecule has 0 saturated heterocycles. The summed E-state index contributed by atoms with van der Waals surface area (Å²) in [5.74, 6) is 0.664. The van der Waals surface area contributed by atoms with E-state index in [1.54, 1.807) is 19.1 Å². The first-order valence-corrected chi connectivity index (χ1v) is 12.3. The molecule has 0 saturated carbocycles. The van der Waals surface area contributed by atoms with Gasteiger partial charge in [0.15, 0.2) is 5.76 Å². The summed E-state index contributed by atoms with van der Waals surface area (Å²) in [6.45, 7) is 2.26. The maximum atomic E-state index is 12.9. The Bertz CT molecular complexity index is 1350. The Morgan fingerprint density at radius 2 is 1.85 bits per heavy atom. The summed E-state index contributed by atoms with van der Waals surface area (Å²) in [7, 11) is 0. The van der Waals surface area contributed by atoms with Gasteiger partial charge in [0, 0.05) is 10.3 Å². The molecule has 0 fully saturated rings.